The monoisotopic (exact) mass is 694 g/mol. The smallest absolute Gasteiger partial charge is 0.252 e. The van der Waals surface area contributed by atoms with Gasteiger partial charge in [0, 0.05) is 41.6 Å². The van der Waals surface area contributed by atoms with Crippen molar-refractivity contribution in [3.63, 3.8) is 0 Å². The van der Waals surface area contributed by atoms with E-state index < -0.39 is 33.2 Å². The van der Waals surface area contributed by atoms with Crippen molar-refractivity contribution in [1.29, 1.82) is 0 Å². The molecule has 2 atom stereocenters. The molecule has 0 spiro atoms. The highest BCUT2D eigenvalue weighted by Gasteiger charge is 2.54. The maximum absolute atomic E-state index is 14.3. The molecular weight excluding hydrogens is 663 g/mol. The molecular formula is C34H32BrFN2O6S. The lowest BCUT2D eigenvalue weighted by Crippen LogP contribution is -2.49. The van der Waals surface area contributed by atoms with Gasteiger partial charge >= 0.3 is 0 Å². The third-order valence-electron chi connectivity index (χ3n) is 7.41. The Morgan fingerprint density at radius 1 is 1.00 bits per heavy atom. The molecule has 0 unspecified atom stereocenters. The van der Waals surface area contributed by atoms with Crippen LogP contribution in [0, 0.1) is 5.82 Å². The van der Waals surface area contributed by atoms with E-state index in [0.717, 1.165) is 0 Å². The van der Waals surface area contributed by atoms with Crippen LogP contribution < -0.4 is 10.1 Å². The van der Waals surface area contributed by atoms with Gasteiger partial charge in [-0.1, -0.05) is 64.5 Å². The third kappa shape index (κ3) is 7.61. The molecule has 5 rings (SSSR count). The highest BCUT2D eigenvalue weighted by atomic mass is 79.9. The van der Waals surface area contributed by atoms with Crippen molar-refractivity contribution < 1.29 is 32.2 Å². The lowest BCUT2D eigenvalue weighted by Gasteiger charge is -2.31. The van der Waals surface area contributed by atoms with E-state index in [1.807, 2.05) is 12.1 Å². The van der Waals surface area contributed by atoms with Gasteiger partial charge in [0.15, 0.2) is 21.5 Å². The van der Waals surface area contributed by atoms with Crippen LogP contribution in [0.3, 0.4) is 0 Å². The number of rotatable bonds is 13. The van der Waals surface area contributed by atoms with Crippen molar-refractivity contribution in [3.8, 4) is 5.75 Å². The van der Waals surface area contributed by atoms with Crippen LogP contribution in [0.4, 0.5) is 4.39 Å². The Kier molecular flexibility index (Phi) is 10.3. The number of hydrogen-bond acceptors (Lipinski definition) is 7. The molecule has 11 heteroatoms. The van der Waals surface area contributed by atoms with Gasteiger partial charge in [0.1, 0.15) is 11.6 Å². The minimum Gasteiger partial charge on any atom is -0.494 e. The summed E-state index contributed by atoms with van der Waals surface area (Å²) in [4.78, 5) is 19.3. The van der Waals surface area contributed by atoms with E-state index in [4.69, 9.17) is 19.6 Å². The van der Waals surface area contributed by atoms with E-state index in [0.29, 0.717) is 39.9 Å². The van der Waals surface area contributed by atoms with Gasteiger partial charge in [-0.2, -0.15) is 0 Å². The highest BCUT2D eigenvalue weighted by Crippen LogP contribution is 2.45. The molecule has 0 bridgehead atoms. The minimum atomic E-state index is -3.81. The molecule has 1 aliphatic heterocycles. The van der Waals surface area contributed by atoms with Crippen molar-refractivity contribution in [2.24, 2.45) is 4.99 Å². The minimum absolute atomic E-state index is 0.00279. The summed E-state index contributed by atoms with van der Waals surface area (Å²) in [6.07, 6.45) is -0.705. The second-order valence-electron chi connectivity index (χ2n) is 10.5. The maximum atomic E-state index is 14.3. The normalized spacial score (nSPS) is 17.8. The van der Waals surface area contributed by atoms with E-state index in [1.54, 1.807) is 66.7 Å². The summed E-state index contributed by atoms with van der Waals surface area (Å²) in [7, 11) is -3.81. The van der Waals surface area contributed by atoms with Gasteiger partial charge in [0.2, 0.25) is 5.90 Å². The maximum Gasteiger partial charge on any atom is 0.252 e. The number of aliphatic hydroxyl groups excluding tert-OH is 1. The lowest BCUT2D eigenvalue weighted by atomic mass is 9.85. The number of carbonyl (C=O) groups is 1. The second kappa shape index (κ2) is 14.4. The van der Waals surface area contributed by atoms with Crippen LogP contribution in [-0.2, 0) is 25.9 Å². The first-order valence-electron chi connectivity index (χ1n) is 14.4. The molecule has 0 saturated carbocycles. The van der Waals surface area contributed by atoms with Crippen LogP contribution in [0.1, 0.15) is 35.6 Å². The van der Waals surface area contributed by atoms with Crippen molar-refractivity contribution in [2.45, 2.75) is 35.9 Å². The molecule has 45 heavy (non-hydrogen) atoms. The molecule has 0 aromatic heterocycles. The Bertz CT molecular complexity index is 1770. The van der Waals surface area contributed by atoms with Gasteiger partial charge in [-0.15, -0.1) is 0 Å². The van der Waals surface area contributed by atoms with E-state index >= 15 is 0 Å². The average Bonchev–Trinajstić information content (AvgIpc) is 3.44. The molecule has 234 valence electrons. The quantitative estimate of drug-likeness (QED) is 0.171. The Labute approximate surface area is 270 Å². The zero-order valence-corrected chi connectivity index (χ0v) is 26.6. The Morgan fingerprint density at radius 2 is 1.73 bits per heavy atom. The number of nitrogens with zero attached hydrogens (tertiary/aromatic N) is 1. The van der Waals surface area contributed by atoms with Gasteiger partial charge in [-0.05, 0) is 60.2 Å². The van der Waals surface area contributed by atoms with Gasteiger partial charge in [-0.25, -0.2) is 17.8 Å². The van der Waals surface area contributed by atoms with Gasteiger partial charge < -0.3 is 19.9 Å². The first-order valence-corrected chi connectivity index (χ1v) is 16.8. The molecule has 2 N–H and O–H groups in total. The molecule has 1 heterocycles. The predicted octanol–water partition coefficient (Wildman–Crippen LogP) is 5.79. The van der Waals surface area contributed by atoms with E-state index in [-0.39, 0.29) is 36.1 Å². The zero-order valence-electron chi connectivity index (χ0n) is 24.2. The zero-order chi connectivity index (χ0) is 31.9. The van der Waals surface area contributed by atoms with E-state index in [1.165, 1.54) is 24.3 Å². The van der Waals surface area contributed by atoms with Crippen LogP contribution in [-0.4, -0.2) is 49.8 Å². The number of ether oxygens (including phenoxy) is 2. The molecule has 4 aromatic carbocycles. The van der Waals surface area contributed by atoms with Crippen LogP contribution in [0.2, 0.25) is 0 Å². The summed E-state index contributed by atoms with van der Waals surface area (Å²) >= 11 is 3.58. The largest absolute Gasteiger partial charge is 0.494 e. The summed E-state index contributed by atoms with van der Waals surface area (Å²) in [5, 5.41) is 11.9. The van der Waals surface area contributed by atoms with Crippen molar-refractivity contribution >= 4 is 37.6 Å². The average molecular weight is 696 g/mol. The Balaban J connectivity index is 1.55. The molecule has 0 fully saturated rings. The molecule has 0 radical (unpaired) electrons. The Hall–Kier alpha value is -4.06. The summed E-state index contributed by atoms with van der Waals surface area (Å²) in [5.74, 6) is -0.639. The van der Waals surface area contributed by atoms with Crippen molar-refractivity contribution in [1.82, 2.24) is 5.32 Å². The number of sulfone groups is 1. The Morgan fingerprint density at radius 3 is 2.44 bits per heavy atom. The first kappa shape index (κ1) is 32.3. The SMILES string of the molecule is O=C(NCc1cccc(F)c1)[C@]1(CCS(=O)(=O)c2ccccc2)N=C(c2ccc(OCCCO)cc2)O[C@@H]1c1ccccc1Br. The number of nitrogens with one attached hydrogen (secondary N) is 1. The second-order valence-corrected chi connectivity index (χ2v) is 13.5. The number of hydrogen-bond donors (Lipinski definition) is 2. The number of benzene rings is 4. The lowest BCUT2D eigenvalue weighted by molar-refractivity contribution is -0.129. The third-order valence-corrected chi connectivity index (χ3v) is 9.87. The van der Waals surface area contributed by atoms with Crippen LogP contribution >= 0.6 is 15.9 Å². The number of aliphatic imine (C=N–C) groups is 1. The standard InChI is InChI=1S/C34H32BrFN2O6S/c35-30-13-5-4-12-29(30)31-34(18-21-45(41,42)28-10-2-1-3-11-28,33(40)37-23-24-8-6-9-26(36)22-24)38-32(44-31)25-14-16-27(17-15-25)43-20-7-19-39/h1-6,8-17,22,31,39H,7,18-21,23H2,(H,37,40)/t31-,34-/m1/s1. The van der Waals surface area contributed by atoms with E-state index in [9.17, 15) is 17.6 Å². The molecule has 1 aliphatic rings. The van der Waals surface area contributed by atoms with E-state index in [2.05, 4.69) is 21.2 Å². The molecule has 4 aromatic rings. The predicted molar refractivity (Wildman–Crippen MR) is 172 cm³/mol. The van der Waals surface area contributed by atoms with Gasteiger partial charge in [0.25, 0.3) is 5.91 Å². The van der Waals surface area contributed by atoms with Crippen molar-refractivity contribution in [2.75, 3.05) is 19.0 Å². The van der Waals surface area contributed by atoms with Crippen molar-refractivity contribution in [3.05, 3.63) is 130 Å². The van der Waals surface area contributed by atoms with Gasteiger partial charge in [0.05, 0.1) is 17.3 Å². The van der Waals surface area contributed by atoms with Crippen LogP contribution in [0.5, 0.6) is 5.75 Å². The topological polar surface area (TPSA) is 114 Å². The first-order chi connectivity index (χ1) is 21.7. The number of halogens is 2. The molecule has 8 nitrogen and oxygen atoms in total. The fourth-order valence-corrected chi connectivity index (χ4v) is 6.93. The van der Waals surface area contributed by atoms with Crippen LogP contribution in [0.25, 0.3) is 0 Å². The summed E-state index contributed by atoms with van der Waals surface area (Å²) in [6, 6.07) is 28.1. The molecule has 0 aliphatic carbocycles. The number of aliphatic hydroxyl groups is 1. The molecule has 0 saturated heterocycles. The fourth-order valence-electron chi connectivity index (χ4n) is 5.05. The summed E-state index contributed by atoms with van der Waals surface area (Å²) in [6.45, 7) is 0.363. The van der Waals surface area contributed by atoms with Gasteiger partial charge in [-0.3, -0.25) is 4.79 Å². The summed E-state index contributed by atoms with van der Waals surface area (Å²) < 4.78 is 53.6. The van der Waals surface area contributed by atoms with Crippen LogP contribution in [0.15, 0.2) is 117 Å². The number of carbonyl (C=O) groups excluding carboxylic acids is 1. The fraction of sp³-hybridized carbons (Fsp3) is 0.235. The number of amides is 1. The summed E-state index contributed by atoms with van der Waals surface area (Å²) in [5.41, 5.74) is 0.00303. The highest BCUT2D eigenvalue weighted by molar-refractivity contribution is 9.10. The molecule has 1 amide bonds.